The van der Waals surface area contributed by atoms with Gasteiger partial charge in [0, 0.05) is 17.8 Å². The van der Waals surface area contributed by atoms with Crippen LogP contribution in [0.15, 0.2) is 42.5 Å². The molecule has 102 valence electrons. The average Bonchev–Trinajstić information content (AvgIpc) is 2.47. The third-order valence-electron chi connectivity index (χ3n) is 2.47. The molecule has 0 bridgehead atoms. The number of nitrogen functional groups attached to an aromatic ring is 1. The number of carbonyl (C=O) groups excluding carboxylic acids is 1. The zero-order valence-electron chi connectivity index (χ0n) is 10.2. The second-order valence-corrected chi connectivity index (χ2v) is 3.81. The second kappa shape index (κ2) is 5.76. The molecule has 8 heteroatoms. The van der Waals surface area contributed by atoms with E-state index >= 15 is 0 Å². The number of carbonyl (C=O) groups is 1. The van der Waals surface area contributed by atoms with Crippen LogP contribution in [0.5, 0.6) is 0 Å². The van der Waals surface area contributed by atoms with Gasteiger partial charge in [-0.1, -0.05) is 6.07 Å². The fourth-order valence-corrected chi connectivity index (χ4v) is 1.50. The number of hydrazine groups is 1. The number of nitro groups is 1. The number of anilines is 2. The van der Waals surface area contributed by atoms with Crippen molar-refractivity contribution in [2.75, 3.05) is 10.7 Å². The molecule has 2 aromatic rings. The number of nitro benzene ring substituents is 1. The van der Waals surface area contributed by atoms with E-state index in [9.17, 15) is 14.9 Å². The normalized spacial score (nSPS) is 9.85. The summed E-state index contributed by atoms with van der Waals surface area (Å²) in [5.41, 5.74) is 2.91. The number of hydrogen-bond acceptors (Lipinski definition) is 6. The monoisotopic (exact) mass is 273 g/mol. The molecule has 0 aliphatic heterocycles. The summed E-state index contributed by atoms with van der Waals surface area (Å²) < 4.78 is 0. The highest BCUT2D eigenvalue weighted by molar-refractivity contribution is 6.03. The summed E-state index contributed by atoms with van der Waals surface area (Å²) in [7, 11) is 0. The number of non-ortho nitro benzene ring substituents is 1. The molecule has 0 spiro atoms. The topological polar surface area (TPSA) is 123 Å². The van der Waals surface area contributed by atoms with Crippen molar-refractivity contribution in [2.24, 2.45) is 5.84 Å². The summed E-state index contributed by atoms with van der Waals surface area (Å²) in [4.78, 5) is 25.9. The number of amides is 1. The molecule has 2 rings (SSSR count). The largest absolute Gasteiger partial charge is 0.321 e. The van der Waals surface area contributed by atoms with Gasteiger partial charge in [-0.25, -0.2) is 10.8 Å². The highest BCUT2D eigenvalue weighted by Crippen LogP contribution is 2.16. The van der Waals surface area contributed by atoms with Gasteiger partial charge in [0.15, 0.2) is 0 Å². The van der Waals surface area contributed by atoms with Crippen LogP contribution in [0, 0.1) is 10.1 Å². The van der Waals surface area contributed by atoms with E-state index in [-0.39, 0.29) is 11.4 Å². The van der Waals surface area contributed by atoms with Crippen molar-refractivity contribution >= 4 is 23.1 Å². The molecule has 0 radical (unpaired) electrons. The summed E-state index contributed by atoms with van der Waals surface area (Å²) in [6, 6.07) is 10.3. The van der Waals surface area contributed by atoms with Crippen LogP contribution in [0.25, 0.3) is 0 Å². The van der Waals surface area contributed by atoms with Crippen molar-refractivity contribution < 1.29 is 9.72 Å². The molecule has 0 unspecified atom stereocenters. The quantitative estimate of drug-likeness (QED) is 0.441. The molecule has 0 fully saturated rings. The first-order valence-corrected chi connectivity index (χ1v) is 5.59. The fourth-order valence-electron chi connectivity index (χ4n) is 1.50. The summed E-state index contributed by atoms with van der Waals surface area (Å²) in [6.45, 7) is 0. The van der Waals surface area contributed by atoms with Gasteiger partial charge in [0.2, 0.25) is 0 Å². The van der Waals surface area contributed by atoms with Crippen LogP contribution in [0.1, 0.15) is 10.5 Å². The van der Waals surface area contributed by atoms with Gasteiger partial charge >= 0.3 is 0 Å². The van der Waals surface area contributed by atoms with E-state index in [2.05, 4.69) is 15.7 Å². The van der Waals surface area contributed by atoms with E-state index in [0.29, 0.717) is 11.5 Å². The smallest absolute Gasteiger partial charge is 0.274 e. The zero-order chi connectivity index (χ0) is 14.5. The molecule has 1 amide bonds. The Morgan fingerprint density at radius 3 is 2.50 bits per heavy atom. The molecular weight excluding hydrogens is 262 g/mol. The number of nitrogens with two attached hydrogens (primary N) is 1. The van der Waals surface area contributed by atoms with Crippen LogP contribution in [-0.4, -0.2) is 15.8 Å². The van der Waals surface area contributed by atoms with E-state index < -0.39 is 10.8 Å². The maximum Gasteiger partial charge on any atom is 0.274 e. The molecular formula is C12H11N5O3. The SMILES string of the molecule is NNc1cccc(C(=O)Nc2ccc([N+](=O)[O-])cc2)n1. The molecule has 20 heavy (non-hydrogen) atoms. The lowest BCUT2D eigenvalue weighted by Gasteiger charge is -2.05. The second-order valence-electron chi connectivity index (χ2n) is 3.81. The zero-order valence-corrected chi connectivity index (χ0v) is 10.2. The number of aromatic nitrogens is 1. The Bertz CT molecular complexity index is 642. The minimum atomic E-state index is -0.510. The minimum absolute atomic E-state index is 0.0459. The Kier molecular flexibility index (Phi) is 3.87. The molecule has 0 atom stereocenters. The van der Waals surface area contributed by atoms with Crippen LogP contribution >= 0.6 is 0 Å². The van der Waals surface area contributed by atoms with E-state index in [1.165, 1.54) is 30.3 Å². The van der Waals surface area contributed by atoms with Gasteiger partial charge in [-0.2, -0.15) is 0 Å². The van der Waals surface area contributed by atoms with Gasteiger partial charge in [0.25, 0.3) is 11.6 Å². The van der Waals surface area contributed by atoms with Crippen LogP contribution in [0.2, 0.25) is 0 Å². The van der Waals surface area contributed by atoms with Crippen molar-refractivity contribution in [3.8, 4) is 0 Å². The predicted molar refractivity (Wildman–Crippen MR) is 73.1 cm³/mol. The highest BCUT2D eigenvalue weighted by Gasteiger charge is 2.09. The van der Waals surface area contributed by atoms with Crippen molar-refractivity contribution in [1.29, 1.82) is 0 Å². The van der Waals surface area contributed by atoms with Crippen LogP contribution in [0.3, 0.4) is 0 Å². The van der Waals surface area contributed by atoms with E-state index in [0.717, 1.165) is 0 Å². The van der Waals surface area contributed by atoms with E-state index in [1.807, 2.05) is 0 Å². The Hall–Kier alpha value is -3.00. The first-order chi connectivity index (χ1) is 9.60. The lowest BCUT2D eigenvalue weighted by molar-refractivity contribution is -0.384. The third kappa shape index (κ3) is 3.06. The van der Waals surface area contributed by atoms with Crippen molar-refractivity contribution in [1.82, 2.24) is 4.98 Å². The van der Waals surface area contributed by atoms with Gasteiger partial charge < -0.3 is 10.7 Å². The third-order valence-corrected chi connectivity index (χ3v) is 2.47. The number of hydrogen-bond donors (Lipinski definition) is 3. The molecule has 8 nitrogen and oxygen atoms in total. The van der Waals surface area contributed by atoms with Crippen molar-refractivity contribution in [3.05, 3.63) is 58.3 Å². The number of rotatable bonds is 4. The highest BCUT2D eigenvalue weighted by atomic mass is 16.6. The maximum atomic E-state index is 11.9. The standard InChI is InChI=1S/C12H11N5O3/c13-16-11-3-1-2-10(15-11)12(18)14-8-4-6-9(7-5-8)17(19)20/h1-7H,13H2,(H,14,18)(H,15,16). The van der Waals surface area contributed by atoms with Gasteiger partial charge in [-0.3, -0.25) is 14.9 Å². The van der Waals surface area contributed by atoms with E-state index in [4.69, 9.17) is 5.84 Å². The summed E-state index contributed by atoms with van der Waals surface area (Å²) >= 11 is 0. The Morgan fingerprint density at radius 2 is 1.90 bits per heavy atom. The van der Waals surface area contributed by atoms with Crippen LogP contribution in [0.4, 0.5) is 17.2 Å². The molecule has 1 aromatic carbocycles. The number of benzene rings is 1. The molecule has 1 heterocycles. The van der Waals surface area contributed by atoms with Crippen LogP contribution < -0.4 is 16.6 Å². The summed E-state index contributed by atoms with van der Waals surface area (Å²) in [5.74, 6) is 5.14. The summed E-state index contributed by atoms with van der Waals surface area (Å²) in [6.07, 6.45) is 0. The average molecular weight is 273 g/mol. The van der Waals surface area contributed by atoms with Gasteiger partial charge in [0.1, 0.15) is 11.5 Å². The molecule has 0 saturated carbocycles. The number of nitrogens with zero attached hydrogens (tertiary/aromatic N) is 2. The molecule has 1 aromatic heterocycles. The minimum Gasteiger partial charge on any atom is -0.321 e. The molecule has 4 N–H and O–H groups in total. The lowest BCUT2D eigenvalue weighted by Crippen LogP contribution is -2.16. The molecule has 0 aliphatic carbocycles. The maximum absolute atomic E-state index is 11.9. The summed E-state index contributed by atoms with van der Waals surface area (Å²) in [5, 5.41) is 13.1. The lowest BCUT2D eigenvalue weighted by atomic mass is 10.2. The molecule has 0 saturated heterocycles. The number of nitrogens with one attached hydrogen (secondary N) is 2. The fraction of sp³-hybridized carbons (Fsp3) is 0. The van der Waals surface area contributed by atoms with Crippen molar-refractivity contribution in [2.45, 2.75) is 0 Å². The van der Waals surface area contributed by atoms with Gasteiger partial charge in [-0.15, -0.1) is 0 Å². The van der Waals surface area contributed by atoms with Gasteiger partial charge in [-0.05, 0) is 24.3 Å². The first-order valence-electron chi connectivity index (χ1n) is 5.59. The molecule has 0 aliphatic rings. The Morgan fingerprint density at radius 1 is 1.20 bits per heavy atom. The Labute approximate surface area is 113 Å². The number of pyridine rings is 1. The predicted octanol–water partition coefficient (Wildman–Crippen LogP) is 1.53. The first kappa shape index (κ1) is 13.4. The Balaban J connectivity index is 2.12. The van der Waals surface area contributed by atoms with Crippen molar-refractivity contribution in [3.63, 3.8) is 0 Å². The van der Waals surface area contributed by atoms with Crippen LogP contribution in [-0.2, 0) is 0 Å². The van der Waals surface area contributed by atoms with Gasteiger partial charge in [0.05, 0.1) is 4.92 Å². The van der Waals surface area contributed by atoms with E-state index in [1.54, 1.807) is 12.1 Å².